The number of aromatic amines is 2. The normalized spacial score (nSPS) is 13.8. The average Bonchev–Trinajstić information content (AvgIpc) is 3.23. The fourth-order valence-corrected chi connectivity index (χ4v) is 3.84. The van der Waals surface area contributed by atoms with Gasteiger partial charge in [-0.05, 0) is 48.0 Å². The molecule has 0 aliphatic carbocycles. The molecule has 2 aromatic carbocycles. The van der Waals surface area contributed by atoms with Gasteiger partial charge in [0.25, 0.3) is 5.91 Å². The molecular formula is C24H23N5O4. The summed E-state index contributed by atoms with van der Waals surface area (Å²) in [7, 11) is 0. The first-order chi connectivity index (χ1) is 16.2. The molecule has 0 spiro atoms. The van der Waals surface area contributed by atoms with Gasteiger partial charge in [0.15, 0.2) is 6.61 Å². The molecule has 1 fully saturated rings. The first kappa shape index (κ1) is 20.8. The van der Waals surface area contributed by atoms with Gasteiger partial charge in [0.2, 0.25) is 0 Å². The van der Waals surface area contributed by atoms with Crippen LogP contribution in [0.4, 0.5) is 11.5 Å². The second-order valence-corrected chi connectivity index (χ2v) is 7.67. The highest BCUT2D eigenvalue weighted by Gasteiger charge is 2.16. The van der Waals surface area contributed by atoms with Crippen molar-refractivity contribution < 1.29 is 14.3 Å². The second-order valence-electron chi connectivity index (χ2n) is 7.67. The third-order valence-electron chi connectivity index (χ3n) is 5.43. The number of H-pyrrole nitrogens is 2. The number of aromatic nitrogens is 3. The summed E-state index contributed by atoms with van der Waals surface area (Å²) < 4.78 is 11.1. The third-order valence-corrected chi connectivity index (χ3v) is 5.43. The van der Waals surface area contributed by atoms with E-state index in [0.717, 1.165) is 30.0 Å². The number of amides is 1. The van der Waals surface area contributed by atoms with Gasteiger partial charge in [0.05, 0.1) is 24.2 Å². The van der Waals surface area contributed by atoms with Crippen LogP contribution in [0.25, 0.3) is 22.2 Å². The van der Waals surface area contributed by atoms with Crippen molar-refractivity contribution in [3.8, 4) is 16.9 Å². The number of morpholine rings is 1. The van der Waals surface area contributed by atoms with Crippen molar-refractivity contribution in [2.45, 2.75) is 0 Å². The number of imidazole rings is 1. The van der Waals surface area contributed by atoms with Gasteiger partial charge in [0.1, 0.15) is 11.6 Å². The SMILES string of the molecule is O=C(COc1ccc(-c2cccnc2N2CCOCC2)cc1)Nc1ccc2[nH]c(=O)[nH]c2c1. The van der Waals surface area contributed by atoms with Crippen LogP contribution in [-0.4, -0.2) is 53.8 Å². The van der Waals surface area contributed by atoms with Crippen LogP contribution >= 0.6 is 0 Å². The second kappa shape index (κ2) is 9.17. The summed E-state index contributed by atoms with van der Waals surface area (Å²) in [5, 5.41) is 2.77. The van der Waals surface area contributed by atoms with E-state index in [-0.39, 0.29) is 18.2 Å². The van der Waals surface area contributed by atoms with Crippen LogP contribution in [0.3, 0.4) is 0 Å². The summed E-state index contributed by atoms with van der Waals surface area (Å²) in [5.74, 6) is 1.24. The predicted octanol–water partition coefficient (Wildman–Crippen LogP) is 2.77. The Bertz CT molecular complexity index is 1320. The zero-order chi connectivity index (χ0) is 22.6. The van der Waals surface area contributed by atoms with Crippen LogP contribution in [0.15, 0.2) is 65.6 Å². The highest BCUT2D eigenvalue weighted by molar-refractivity contribution is 5.94. The molecule has 0 bridgehead atoms. The van der Waals surface area contributed by atoms with Crippen LogP contribution in [0, 0.1) is 0 Å². The number of carbonyl (C=O) groups is 1. The fourth-order valence-electron chi connectivity index (χ4n) is 3.84. The average molecular weight is 445 g/mol. The number of ether oxygens (including phenoxy) is 2. The highest BCUT2D eigenvalue weighted by Crippen LogP contribution is 2.30. The number of fused-ring (bicyclic) bond motifs is 1. The number of anilines is 2. The Morgan fingerprint density at radius 1 is 1.06 bits per heavy atom. The molecule has 3 N–H and O–H groups in total. The first-order valence-electron chi connectivity index (χ1n) is 10.7. The molecule has 9 nitrogen and oxygen atoms in total. The minimum absolute atomic E-state index is 0.132. The molecule has 3 heterocycles. The summed E-state index contributed by atoms with van der Waals surface area (Å²) in [4.78, 5) is 35.8. The maximum absolute atomic E-state index is 12.3. The number of carbonyl (C=O) groups excluding carboxylic acids is 1. The summed E-state index contributed by atoms with van der Waals surface area (Å²) in [6, 6.07) is 16.7. The van der Waals surface area contributed by atoms with Gasteiger partial charge in [-0.1, -0.05) is 12.1 Å². The van der Waals surface area contributed by atoms with E-state index in [2.05, 4.69) is 31.2 Å². The molecule has 1 amide bonds. The molecule has 2 aromatic heterocycles. The van der Waals surface area contributed by atoms with E-state index in [1.807, 2.05) is 30.3 Å². The van der Waals surface area contributed by atoms with Crippen molar-refractivity contribution in [3.63, 3.8) is 0 Å². The van der Waals surface area contributed by atoms with Crippen molar-refractivity contribution in [1.82, 2.24) is 15.0 Å². The quantitative estimate of drug-likeness (QED) is 0.421. The number of rotatable bonds is 6. The lowest BCUT2D eigenvalue weighted by molar-refractivity contribution is -0.118. The number of pyridine rings is 1. The van der Waals surface area contributed by atoms with Gasteiger partial charge >= 0.3 is 5.69 Å². The molecule has 0 radical (unpaired) electrons. The van der Waals surface area contributed by atoms with E-state index in [9.17, 15) is 9.59 Å². The molecule has 33 heavy (non-hydrogen) atoms. The van der Waals surface area contributed by atoms with E-state index in [4.69, 9.17) is 9.47 Å². The third kappa shape index (κ3) is 4.73. The van der Waals surface area contributed by atoms with Crippen molar-refractivity contribution in [3.05, 3.63) is 71.3 Å². The smallest absolute Gasteiger partial charge is 0.323 e. The number of benzene rings is 2. The largest absolute Gasteiger partial charge is 0.484 e. The van der Waals surface area contributed by atoms with Crippen molar-refractivity contribution in [1.29, 1.82) is 0 Å². The molecule has 168 valence electrons. The molecule has 1 aliphatic heterocycles. The standard InChI is InChI=1S/C24H23N5O4/c30-22(26-17-5-8-20-21(14-17)28-24(31)27-20)15-33-18-6-3-16(4-7-18)19-2-1-9-25-23(19)29-10-12-32-13-11-29/h1-9,14H,10-13,15H2,(H,26,30)(H2,27,28,31). The zero-order valence-corrected chi connectivity index (χ0v) is 17.8. The van der Waals surface area contributed by atoms with Crippen LogP contribution in [0.5, 0.6) is 5.75 Å². The number of hydrogen-bond donors (Lipinski definition) is 3. The van der Waals surface area contributed by atoms with E-state index in [1.54, 1.807) is 24.4 Å². The Hall–Kier alpha value is -4.11. The Morgan fingerprint density at radius 3 is 2.67 bits per heavy atom. The van der Waals surface area contributed by atoms with Crippen molar-refractivity contribution in [2.75, 3.05) is 43.1 Å². The summed E-state index contributed by atoms with van der Waals surface area (Å²) in [6.45, 7) is 2.89. The summed E-state index contributed by atoms with van der Waals surface area (Å²) in [6.07, 6.45) is 1.80. The molecule has 0 unspecified atom stereocenters. The molecule has 0 saturated carbocycles. The van der Waals surface area contributed by atoms with Gasteiger partial charge in [-0.3, -0.25) is 4.79 Å². The Labute approximate surface area is 189 Å². The maximum Gasteiger partial charge on any atom is 0.323 e. The Balaban J connectivity index is 1.22. The highest BCUT2D eigenvalue weighted by atomic mass is 16.5. The van der Waals surface area contributed by atoms with E-state index >= 15 is 0 Å². The van der Waals surface area contributed by atoms with E-state index < -0.39 is 0 Å². The first-order valence-corrected chi connectivity index (χ1v) is 10.7. The van der Waals surface area contributed by atoms with Gasteiger partial charge < -0.3 is 29.7 Å². The molecular weight excluding hydrogens is 422 g/mol. The minimum atomic E-state index is -0.293. The lowest BCUT2D eigenvalue weighted by atomic mass is 10.1. The number of hydrogen-bond acceptors (Lipinski definition) is 6. The monoisotopic (exact) mass is 445 g/mol. The topological polar surface area (TPSA) is 112 Å². The van der Waals surface area contributed by atoms with Gasteiger partial charge in [0, 0.05) is 30.5 Å². The molecule has 4 aromatic rings. The van der Waals surface area contributed by atoms with Crippen LogP contribution in [-0.2, 0) is 9.53 Å². The summed E-state index contributed by atoms with van der Waals surface area (Å²) >= 11 is 0. The minimum Gasteiger partial charge on any atom is -0.484 e. The molecule has 1 aliphatic rings. The zero-order valence-electron chi connectivity index (χ0n) is 17.8. The van der Waals surface area contributed by atoms with Gasteiger partial charge in [-0.2, -0.15) is 0 Å². The van der Waals surface area contributed by atoms with Gasteiger partial charge in [-0.25, -0.2) is 9.78 Å². The summed E-state index contributed by atoms with van der Waals surface area (Å²) in [5.41, 5.74) is 3.66. The predicted molar refractivity (Wildman–Crippen MR) is 126 cm³/mol. The van der Waals surface area contributed by atoms with E-state index in [0.29, 0.717) is 35.7 Å². The lowest BCUT2D eigenvalue weighted by Gasteiger charge is -2.29. The fraction of sp³-hybridized carbons (Fsp3) is 0.208. The van der Waals surface area contributed by atoms with Crippen molar-refractivity contribution >= 4 is 28.4 Å². The van der Waals surface area contributed by atoms with E-state index in [1.165, 1.54) is 0 Å². The van der Waals surface area contributed by atoms with Crippen molar-refractivity contribution in [2.24, 2.45) is 0 Å². The van der Waals surface area contributed by atoms with Crippen LogP contribution in [0.2, 0.25) is 0 Å². The molecule has 1 saturated heterocycles. The molecule has 0 atom stereocenters. The Morgan fingerprint density at radius 2 is 1.85 bits per heavy atom. The maximum atomic E-state index is 12.3. The van der Waals surface area contributed by atoms with Crippen LogP contribution < -0.4 is 20.6 Å². The lowest BCUT2D eigenvalue weighted by Crippen LogP contribution is -2.37. The number of nitrogens with one attached hydrogen (secondary N) is 3. The molecule has 9 heteroatoms. The number of nitrogens with zero attached hydrogens (tertiary/aromatic N) is 2. The molecule has 5 rings (SSSR count). The van der Waals surface area contributed by atoms with Crippen LogP contribution in [0.1, 0.15) is 0 Å². The Kier molecular flexibility index (Phi) is 5.77. The van der Waals surface area contributed by atoms with Gasteiger partial charge in [-0.15, -0.1) is 0 Å².